The van der Waals surface area contributed by atoms with Gasteiger partial charge >= 0.3 is 0 Å². The van der Waals surface area contributed by atoms with Crippen LogP contribution in [0.2, 0.25) is 0 Å². The average molecular weight is 277 g/mol. The Hall–Kier alpha value is -1.82. The van der Waals surface area contributed by atoms with Crippen LogP contribution in [0.4, 0.5) is 5.69 Å². The number of anilines is 1. The van der Waals surface area contributed by atoms with Gasteiger partial charge in [-0.2, -0.15) is 5.10 Å². The predicted octanol–water partition coefficient (Wildman–Crippen LogP) is 1.94. The number of H-pyrrole nitrogens is 1. The molecule has 1 unspecified atom stereocenters. The van der Waals surface area contributed by atoms with Gasteiger partial charge in [0.2, 0.25) is 0 Å². The highest BCUT2D eigenvalue weighted by Gasteiger charge is 2.33. The Morgan fingerprint density at radius 2 is 2.16 bits per heavy atom. The fourth-order valence-corrected chi connectivity index (χ4v) is 4.15. The Morgan fingerprint density at radius 1 is 1.37 bits per heavy atom. The number of benzene rings is 1. The summed E-state index contributed by atoms with van der Waals surface area (Å²) in [6.07, 6.45) is 4.50. The molecule has 0 amide bonds. The molecule has 0 radical (unpaired) electrons. The first-order chi connectivity index (χ1) is 9.10. The van der Waals surface area contributed by atoms with E-state index in [0.717, 1.165) is 24.1 Å². The molecule has 1 aliphatic rings. The number of hydrogen-bond donors (Lipinski definition) is 1. The summed E-state index contributed by atoms with van der Waals surface area (Å²) in [5.41, 5.74) is 1.86. The molecule has 0 saturated heterocycles. The lowest BCUT2D eigenvalue weighted by molar-refractivity contribution is 0.563. The van der Waals surface area contributed by atoms with E-state index >= 15 is 0 Å². The van der Waals surface area contributed by atoms with Crippen molar-refractivity contribution in [3.05, 3.63) is 42.2 Å². The quantitative estimate of drug-likeness (QED) is 0.912. The van der Waals surface area contributed by atoms with Crippen LogP contribution >= 0.6 is 0 Å². The summed E-state index contributed by atoms with van der Waals surface area (Å²) >= 11 is 0. The van der Waals surface area contributed by atoms with Crippen molar-refractivity contribution in [2.24, 2.45) is 0 Å². The van der Waals surface area contributed by atoms with Crippen LogP contribution in [0.15, 0.2) is 41.6 Å². The molecule has 2 heterocycles. The fourth-order valence-electron chi connectivity index (χ4n) is 2.52. The molecule has 0 aliphatic carbocycles. The van der Waals surface area contributed by atoms with Crippen LogP contribution in [0.5, 0.6) is 0 Å². The summed E-state index contributed by atoms with van der Waals surface area (Å²) < 4.78 is 26.9. The summed E-state index contributed by atoms with van der Waals surface area (Å²) in [6, 6.07) is 7.61. The first-order valence-corrected chi connectivity index (χ1v) is 7.66. The number of sulfonamides is 1. The van der Waals surface area contributed by atoms with E-state index in [2.05, 4.69) is 10.2 Å². The molecule has 5 nitrogen and oxygen atoms in total. The molecule has 1 atom stereocenters. The number of aryl methyl sites for hydroxylation is 1. The third-order valence-corrected chi connectivity index (χ3v) is 5.38. The van der Waals surface area contributed by atoms with Crippen LogP contribution in [-0.4, -0.2) is 24.7 Å². The van der Waals surface area contributed by atoms with Crippen LogP contribution in [0.3, 0.4) is 0 Å². The lowest BCUT2D eigenvalue weighted by Gasteiger charge is -2.35. The number of aromatic nitrogens is 2. The maximum absolute atomic E-state index is 12.7. The second-order valence-electron chi connectivity index (χ2n) is 4.75. The van der Waals surface area contributed by atoms with Crippen molar-refractivity contribution in [1.29, 1.82) is 0 Å². The van der Waals surface area contributed by atoms with Gasteiger partial charge in [-0.25, -0.2) is 8.42 Å². The molecule has 3 rings (SSSR count). The van der Waals surface area contributed by atoms with Gasteiger partial charge in [-0.3, -0.25) is 9.40 Å². The summed E-state index contributed by atoms with van der Waals surface area (Å²) in [7, 11) is -3.54. The van der Waals surface area contributed by atoms with E-state index in [9.17, 15) is 8.42 Å². The fraction of sp³-hybridized carbons (Fsp3) is 0.308. The predicted molar refractivity (Wildman–Crippen MR) is 72.5 cm³/mol. The maximum Gasteiger partial charge on any atom is 0.267 e. The van der Waals surface area contributed by atoms with Crippen molar-refractivity contribution in [2.75, 3.05) is 4.31 Å². The van der Waals surface area contributed by atoms with Gasteiger partial charge in [-0.15, -0.1) is 0 Å². The number of aromatic amines is 1. The average Bonchev–Trinajstić information content (AvgIpc) is 2.92. The van der Waals surface area contributed by atoms with Gasteiger partial charge in [-0.1, -0.05) is 18.2 Å². The number of para-hydroxylation sites is 1. The molecule has 1 N–H and O–H groups in total. The zero-order valence-electron chi connectivity index (χ0n) is 10.6. The zero-order valence-corrected chi connectivity index (χ0v) is 11.4. The summed E-state index contributed by atoms with van der Waals surface area (Å²) in [4.78, 5) is 0.205. The van der Waals surface area contributed by atoms with Crippen LogP contribution < -0.4 is 4.31 Å². The first-order valence-electron chi connectivity index (χ1n) is 6.22. The SMILES string of the molecule is CC1CCc2ccccc2N1S(=O)(=O)c1cn[nH]c1. The minimum absolute atomic E-state index is 0.0465. The van der Waals surface area contributed by atoms with Gasteiger partial charge in [0.15, 0.2) is 0 Å². The van der Waals surface area contributed by atoms with E-state index in [-0.39, 0.29) is 10.9 Å². The third kappa shape index (κ3) is 1.92. The maximum atomic E-state index is 12.7. The van der Waals surface area contributed by atoms with Gasteiger partial charge in [0, 0.05) is 12.2 Å². The second kappa shape index (κ2) is 4.38. The van der Waals surface area contributed by atoms with Crippen LogP contribution in [0, 0.1) is 0 Å². The molecule has 100 valence electrons. The molecule has 0 bridgehead atoms. The molecule has 1 aromatic heterocycles. The number of fused-ring (bicyclic) bond motifs is 1. The highest BCUT2D eigenvalue weighted by Crippen LogP contribution is 2.34. The van der Waals surface area contributed by atoms with Crippen LogP contribution in [0.25, 0.3) is 0 Å². The van der Waals surface area contributed by atoms with E-state index in [1.807, 2.05) is 31.2 Å². The van der Waals surface area contributed by atoms with Gasteiger partial charge in [0.25, 0.3) is 10.0 Å². The number of hydrogen-bond acceptors (Lipinski definition) is 3. The Labute approximate surface area is 112 Å². The topological polar surface area (TPSA) is 66.1 Å². The van der Waals surface area contributed by atoms with Crippen molar-refractivity contribution in [1.82, 2.24) is 10.2 Å². The monoisotopic (exact) mass is 277 g/mol. The lowest BCUT2D eigenvalue weighted by atomic mass is 9.99. The highest BCUT2D eigenvalue weighted by molar-refractivity contribution is 7.92. The van der Waals surface area contributed by atoms with E-state index in [1.54, 1.807) is 0 Å². The molecule has 19 heavy (non-hydrogen) atoms. The Kier molecular flexibility index (Phi) is 2.82. The molecular weight excluding hydrogens is 262 g/mol. The highest BCUT2D eigenvalue weighted by atomic mass is 32.2. The lowest BCUT2D eigenvalue weighted by Crippen LogP contribution is -2.41. The minimum atomic E-state index is -3.54. The Morgan fingerprint density at radius 3 is 2.89 bits per heavy atom. The zero-order chi connectivity index (χ0) is 13.5. The number of rotatable bonds is 2. The summed E-state index contributed by atoms with van der Waals surface area (Å²) in [5.74, 6) is 0. The normalized spacial score (nSPS) is 19.2. The van der Waals surface area contributed by atoms with E-state index in [4.69, 9.17) is 0 Å². The number of nitrogens with zero attached hydrogens (tertiary/aromatic N) is 2. The minimum Gasteiger partial charge on any atom is -0.284 e. The van der Waals surface area contributed by atoms with Crippen molar-refractivity contribution in [2.45, 2.75) is 30.7 Å². The smallest absolute Gasteiger partial charge is 0.267 e. The van der Waals surface area contributed by atoms with Gasteiger partial charge in [0.1, 0.15) is 4.90 Å². The second-order valence-corrected chi connectivity index (χ2v) is 6.57. The molecule has 0 fully saturated rings. The Balaban J connectivity index is 2.15. The molecule has 6 heteroatoms. The summed E-state index contributed by atoms with van der Waals surface area (Å²) in [6.45, 7) is 1.94. The largest absolute Gasteiger partial charge is 0.284 e. The van der Waals surface area contributed by atoms with E-state index in [0.29, 0.717) is 0 Å². The molecule has 0 saturated carbocycles. The van der Waals surface area contributed by atoms with Crippen molar-refractivity contribution in [3.8, 4) is 0 Å². The van der Waals surface area contributed by atoms with Crippen LogP contribution in [0.1, 0.15) is 18.9 Å². The van der Waals surface area contributed by atoms with Gasteiger partial charge in [0.05, 0.1) is 11.9 Å². The van der Waals surface area contributed by atoms with Gasteiger partial charge in [-0.05, 0) is 31.4 Å². The molecule has 1 aromatic carbocycles. The van der Waals surface area contributed by atoms with Gasteiger partial charge < -0.3 is 0 Å². The molecule has 1 aliphatic heterocycles. The third-order valence-electron chi connectivity index (χ3n) is 3.49. The van der Waals surface area contributed by atoms with E-state index in [1.165, 1.54) is 16.7 Å². The Bertz CT molecular complexity index is 680. The van der Waals surface area contributed by atoms with Crippen LogP contribution in [-0.2, 0) is 16.4 Å². The molecule has 2 aromatic rings. The van der Waals surface area contributed by atoms with E-state index < -0.39 is 10.0 Å². The number of nitrogens with one attached hydrogen (secondary N) is 1. The standard InChI is InChI=1S/C13H15N3O2S/c1-10-6-7-11-4-2-3-5-13(11)16(10)19(17,18)12-8-14-15-9-12/h2-5,8-10H,6-7H2,1H3,(H,14,15). The molecule has 0 spiro atoms. The summed E-state index contributed by atoms with van der Waals surface area (Å²) in [5, 5.41) is 6.29. The van der Waals surface area contributed by atoms with Crippen molar-refractivity contribution < 1.29 is 8.42 Å². The van der Waals surface area contributed by atoms with Crippen molar-refractivity contribution >= 4 is 15.7 Å². The molecular formula is C13H15N3O2S. The van der Waals surface area contributed by atoms with Crippen molar-refractivity contribution in [3.63, 3.8) is 0 Å². The first kappa shape index (κ1) is 12.2.